The molecule has 12 nitrogen and oxygen atoms in total. The van der Waals surface area contributed by atoms with E-state index in [9.17, 15) is 18.0 Å². The number of ketones is 1. The molecule has 1 aromatic carbocycles. The number of hydrogen-bond acceptors (Lipinski definition) is 9. The van der Waals surface area contributed by atoms with Gasteiger partial charge in [-0.25, -0.2) is 9.48 Å². The van der Waals surface area contributed by atoms with Crippen LogP contribution in [0.5, 0.6) is 11.6 Å². The fourth-order valence-electron chi connectivity index (χ4n) is 4.45. The van der Waals surface area contributed by atoms with E-state index in [1.807, 2.05) is 32.0 Å². The van der Waals surface area contributed by atoms with Crippen LogP contribution in [0.4, 0.5) is 18.9 Å². The highest BCUT2D eigenvalue weighted by Crippen LogP contribution is 2.40. The van der Waals surface area contributed by atoms with Crippen LogP contribution in [0.1, 0.15) is 56.1 Å². The number of anilines is 1. The Balaban J connectivity index is 0.000000646. The van der Waals surface area contributed by atoms with Crippen LogP contribution in [0.15, 0.2) is 18.2 Å². The van der Waals surface area contributed by atoms with Crippen molar-refractivity contribution in [1.82, 2.24) is 19.4 Å². The molecule has 0 amide bonds. The number of Topliss-reactive ketones (excluding diaryl/α,β-unsaturated/α-hetero) is 1. The Kier molecular flexibility index (Phi) is 10.4. The number of alkyl halides is 3. The van der Waals surface area contributed by atoms with Crippen LogP contribution in [0, 0.1) is 5.41 Å². The minimum absolute atomic E-state index is 0.0209. The van der Waals surface area contributed by atoms with Gasteiger partial charge in [-0.05, 0) is 30.9 Å². The predicted octanol–water partition coefficient (Wildman–Crippen LogP) is 3.63. The van der Waals surface area contributed by atoms with Crippen LogP contribution < -0.4 is 20.0 Å². The molecule has 236 valence electrons. The quantitative estimate of drug-likeness (QED) is 0.366. The van der Waals surface area contributed by atoms with Crippen molar-refractivity contribution in [3.63, 3.8) is 0 Å². The van der Waals surface area contributed by atoms with Crippen LogP contribution in [0.3, 0.4) is 0 Å². The van der Waals surface area contributed by atoms with E-state index in [4.69, 9.17) is 29.5 Å². The normalized spacial score (nSPS) is 13.8. The van der Waals surface area contributed by atoms with E-state index < -0.39 is 12.1 Å². The molecule has 0 atom stereocenters. The standard InChI is InChI=1S/C26H36N6O4.C2HF3O2/c1-7-17-15-22(36-8-2)28-32-24(17)29-31(25(32)27)16-21(33)18-13-19(26(3,4)5)23(34-6)20(14-18)30-9-11-35-12-10-30;3-2(4,5)1(6)7/h13-15,27H,7-12,16H2,1-6H3;(H,6,7). The summed E-state index contributed by atoms with van der Waals surface area (Å²) in [6.07, 6.45) is -4.38. The van der Waals surface area contributed by atoms with E-state index in [0.29, 0.717) is 43.3 Å². The zero-order chi connectivity index (χ0) is 32.1. The number of benzene rings is 1. The van der Waals surface area contributed by atoms with Crippen molar-refractivity contribution >= 4 is 23.1 Å². The number of carbonyl (C=O) groups is 2. The van der Waals surface area contributed by atoms with Gasteiger partial charge in [0, 0.05) is 35.8 Å². The van der Waals surface area contributed by atoms with Crippen molar-refractivity contribution < 1.29 is 42.1 Å². The number of fused-ring (bicyclic) bond motifs is 1. The molecule has 1 fully saturated rings. The number of aliphatic carboxylic acids is 1. The Hall–Kier alpha value is -4.14. The van der Waals surface area contributed by atoms with Gasteiger partial charge in [0.15, 0.2) is 11.4 Å². The number of nitrogens with zero attached hydrogens (tertiary/aromatic N) is 5. The number of aromatic nitrogens is 4. The maximum Gasteiger partial charge on any atom is 0.490 e. The second kappa shape index (κ2) is 13.4. The molecule has 0 spiro atoms. The number of methoxy groups -OCH3 is 1. The molecule has 0 saturated carbocycles. The highest BCUT2D eigenvalue weighted by Gasteiger charge is 2.38. The van der Waals surface area contributed by atoms with E-state index in [1.54, 1.807) is 7.11 Å². The average Bonchev–Trinajstić information content (AvgIpc) is 3.26. The number of nitrogens with one attached hydrogen (secondary N) is 1. The molecular weight excluding hydrogens is 573 g/mol. The van der Waals surface area contributed by atoms with Gasteiger partial charge in [0.05, 0.1) is 32.6 Å². The maximum atomic E-state index is 13.6. The molecule has 0 aliphatic carbocycles. The predicted molar refractivity (Wildman–Crippen MR) is 150 cm³/mol. The van der Waals surface area contributed by atoms with Gasteiger partial charge in [-0.3, -0.25) is 10.2 Å². The molecule has 0 bridgehead atoms. The number of rotatable bonds is 8. The maximum absolute atomic E-state index is 13.6. The summed E-state index contributed by atoms with van der Waals surface area (Å²) in [5.74, 6) is -1.68. The molecule has 1 aliphatic rings. The largest absolute Gasteiger partial charge is 0.494 e. The van der Waals surface area contributed by atoms with E-state index in [0.717, 1.165) is 35.7 Å². The Labute approximate surface area is 246 Å². The Bertz CT molecular complexity index is 1520. The third-order valence-corrected chi connectivity index (χ3v) is 6.61. The molecule has 15 heteroatoms. The van der Waals surface area contributed by atoms with E-state index in [2.05, 4.69) is 35.9 Å². The highest BCUT2D eigenvalue weighted by molar-refractivity contribution is 5.97. The summed E-state index contributed by atoms with van der Waals surface area (Å²) in [5, 5.41) is 24.7. The second-order valence-corrected chi connectivity index (χ2v) is 10.7. The lowest BCUT2D eigenvalue weighted by molar-refractivity contribution is -0.192. The topological polar surface area (TPSA) is 144 Å². The fourth-order valence-corrected chi connectivity index (χ4v) is 4.45. The third kappa shape index (κ3) is 7.83. The van der Waals surface area contributed by atoms with Crippen molar-refractivity contribution in [1.29, 1.82) is 5.41 Å². The zero-order valence-corrected chi connectivity index (χ0v) is 25.0. The molecule has 0 unspecified atom stereocenters. The van der Waals surface area contributed by atoms with Crippen LogP contribution in [-0.2, 0) is 27.9 Å². The minimum Gasteiger partial charge on any atom is -0.494 e. The first-order valence-corrected chi connectivity index (χ1v) is 13.7. The van der Waals surface area contributed by atoms with Gasteiger partial charge in [0.1, 0.15) is 12.3 Å². The molecule has 2 N–H and O–H groups in total. The van der Waals surface area contributed by atoms with Crippen LogP contribution in [0.25, 0.3) is 5.65 Å². The summed E-state index contributed by atoms with van der Waals surface area (Å²) in [7, 11) is 1.67. The molecule has 4 rings (SSSR count). The molecule has 43 heavy (non-hydrogen) atoms. The SMILES string of the molecule is CCOc1cc(CC)c2nn(CC(=O)c3cc(N4CCOCC4)c(OC)c(C(C)(C)C)c3)c(=N)n2n1.O=C(O)C(F)(F)F. The first-order chi connectivity index (χ1) is 20.1. The molecule has 3 aromatic rings. The number of carbonyl (C=O) groups excluding carboxylic acids is 1. The lowest BCUT2D eigenvalue weighted by atomic mass is 9.84. The van der Waals surface area contributed by atoms with Gasteiger partial charge in [-0.15, -0.1) is 10.2 Å². The second-order valence-electron chi connectivity index (χ2n) is 10.7. The molecular formula is C28H37F3N6O6. The number of morpholine rings is 1. The number of aryl methyl sites for hydroxylation is 1. The van der Waals surface area contributed by atoms with E-state index >= 15 is 0 Å². The summed E-state index contributed by atoms with van der Waals surface area (Å²) in [5.41, 5.74) is 3.64. The summed E-state index contributed by atoms with van der Waals surface area (Å²) in [4.78, 5) is 24.7. The lowest BCUT2D eigenvalue weighted by Crippen LogP contribution is -2.37. The summed E-state index contributed by atoms with van der Waals surface area (Å²) in [6, 6.07) is 5.64. The number of carboxylic acids is 1. The molecule has 2 aromatic heterocycles. The number of hydrogen-bond donors (Lipinski definition) is 2. The van der Waals surface area contributed by atoms with E-state index in [-0.39, 0.29) is 23.4 Å². The van der Waals surface area contributed by atoms with Gasteiger partial charge in [-0.2, -0.15) is 17.7 Å². The molecule has 3 heterocycles. The van der Waals surface area contributed by atoms with Gasteiger partial charge in [0.25, 0.3) is 0 Å². The summed E-state index contributed by atoms with van der Waals surface area (Å²) in [6.45, 7) is 13.3. The van der Waals surface area contributed by atoms with Gasteiger partial charge < -0.3 is 24.2 Å². The van der Waals surface area contributed by atoms with Crippen molar-refractivity contribution in [3.8, 4) is 11.6 Å². The molecule has 1 saturated heterocycles. The van der Waals surface area contributed by atoms with Crippen LogP contribution in [0.2, 0.25) is 0 Å². The van der Waals surface area contributed by atoms with Gasteiger partial charge >= 0.3 is 12.1 Å². The summed E-state index contributed by atoms with van der Waals surface area (Å²) >= 11 is 0. The van der Waals surface area contributed by atoms with Crippen molar-refractivity contribution in [2.75, 3.05) is 44.9 Å². The highest BCUT2D eigenvalue weighted by atomic mass is 19.4. The fraction of sp³-hybridized carbons (Fsp3) is 0.536. The first kappa shape index (κ1) is 33.4. The minimum atomic E-state index is -5.08. The molecule has 1 aliphatic heterocycles. The van der Waals surface area contributed by atoms with Gasteiger partial charge in [-0.1, -0.05) is 27.7 Å². The Morgan fingerprint density at radius 3 is 2.23 bits per heavy atom. The van der Waals surface area contributed by atoms with Crippen LogP contribution in [-0.4, -0.2) is 82.4 Å². The van der Waals surface area contributed by atoms with Crippen molar-refractivity contribution in [2.24, 2.45) is 0 Å². The lowest BCUT2D eigenvalue weighted by Gasteiger charge is -2.33. The zero-order valence-electron chi connectivity index (χ0n) is 25.0. The summed E-state index contributed by atoms with van der Waals surface area (Å²) < 4.78 is 51.5. The Morgan fingerprint density at radius 2 is 1.72 bits per heavy atom. The smallest absolute Gasteiger partial charge is 0.490 e. The number of halogens is 3. The monoisotopic (exact) mass is 610 g/mol. The van der Waals surface area contributed by atoms with Crippen LogP contribution >= 0.6 is 0 Å². The third-order valence-electron chi connectivity index (χ3n) is 6.61. The van der Waals surface area contributed by atoms with Crippen molar-refractivity contribution in [2.45, 2.75) is 59.2 Å². The average molecular weight is 611 g/mol. The number of ether oxygens (including phenoxy) is 3. The van der Waals surface area contributed by atoms with Gasteiger partial charge in [0.2, 0.25) is 11.5 Å². The van der Waals surface area contributed by atoms with Crippen molar-refractivity contribution in [3.05, 3.63) is 40.5 Å². The molecule has 0 radical (unpaired) electrons. The number of carboxylic acid groups (broad SMARTS) is 1. The van der Waals surface area contributed by atoms with E-state index in [1.165, 1.54) is 9.20 Å². The first-order valence-electron chi connectivity index (χ1n) is 13.7. The Morgan fingerprint density at radius 1 is 1.09 bits per heavy atom.